The second kappa shape index (κ2) is 5.17. The average Bonchev–Trinajstić information content (AvgIpc) is 2.70. The summed E-state index contributed by atoms with van der Waals surface area (Å²) in [5.41, 5.74) is 3.23. The number of carbonyl (C=O) groups is 1. The van der Waals surface area contributed by atoms with E-state index in [0.717, 1.165) is 11.1 Å². The molecule has 1 heterocycles. The first kappa shape index (κ1) is 13.8. The molecule has 0 fully saturated rings. The molecule has 0 unspecified atom stereocenters. The minimum atomic E-state index is -0.0753. The smallest absolute Gasteiger partial charge is 0.212 e. The Morgan fingerprint density at radius 3 is 2.58 bits per heavy atom. The molecule has 0 N–H and O–H groups in total. The van der Waals surface area contributed by atoms with Gasteiger partial charge in [0.25, 0.3) is 0 Å². The molecule has 0 radical (unpaired) electrons. The van der Waals surface area contributed by atoms with Crippen LogP contribution in [0.25, 0.3) is 0 Å². The normalized spacial score (nSPS) is 11.1. The molecule has 100 valence electrons. The van der Waals surface area contributed by atoms with Crippen LogP contribution in [-0.4, -0.2) is 15.6 Å². The lowest BCUT2D eigenvalue weighted by atomic mass is 10.0. The Kier molecular flexibility index (Phi) is 3.76. The third kappa shape index (κ3) is 2.56. The summed E-state index contributed by atoms with van der Waals surface area (Å²) in [6.07, 6.45) is 1.53. The lowest BCUT2D eigenvalue weighted by Gasteiger charge is -2.12. The first-order chi connectivity index (χ1) is 8.91. The van der Waals surface area contributed by atoms with Gasteiger partial charge >= 0.3 is 0 Å². The van der Waals surface area contributed by atoms with E-state index in [1.807, 2.05) is 45.9 Å². The number of benzene rings is 1. The topological polar surface area (TPSA) is 34.9 Å². The Morgan fingerprint density at radius 2 is 2.00 bits per heavy atom. The number of aryl methyl sites for hydroxylation is 2. The van der Waals surface area contributed by atoms with E-state index < -0.39 is 0 Å². The zero-order valence-electron chi connectivity index (χ0n) is 11.6. The van der Waals surface area contributed by atoms with Crippen molar-refractivity contribution in [1.82, 2.24) is 9.78 Å². The van der Waals surface area contributed by atoms with E-state index >= 15 is 0 Å². The Balaban J connectivity index is 2.53. The van der Waals surface area contributed by atoms with Gasteiger partial charge in [0.2, 0.25) is 5.78 Å². The van der Waals surface area contributed by atoms with Crippen molar-refractivity contribution in [2.24, 2.45) is 0 Å². The highest BCUT2D eigenvalue weighted by Crippen LogP contribution is 2.23. The van der Waals surface area contributed by atoms with Crippen LogP contribution < -0.4 is 0 Å². The maximum atomic E-state index is 12.6. The third-order valence-electron chi connectivity index (χ3n) is 3.08. The Hall–Kier alpha value is -1.61. The van der Waals surface area contributed by atoms with Crippen LogP contribution in [0.2, 0.25) is 5.02 Å². The lowest BCUT2D eigenvalue weighted by Crippen LogP contribution is -2.14. The molecule has 3 nitrogen and oxygen atoms in total. The first-order valence-corrected chi connectivity index (χ1v) is 6.64. The van der Waals surface area contributed by atoms with E-state index in [1.54, 1.807) is 4.68 Å². The third-order valence-corrected chi connectivity index (χ3v) is 3.36. The van der Waals surface area contributed by atoms with Gasteiger partial charge in [-0.2, -0.15) is 5.10 Å². The van der Waals surface area contributed by atoms with Crippen molar-refractivity contribution in [1.29, 1.82) is 0 Å². The number of carbonyl (C=O) groups excluding carboxylic acids is 1. The summed E-state index contributed by atoms with van der Waals surface area (Å²) in [5, 5.41) is 4.57. The zero-order valence-corrected chi connectivity index (χ0v) is 12.3. The van der Waals surface area contributed by atoms with E-state index in [2.05, 4.69) is 5.10 Å². The molecule has 0 saturated heterocycles. The molecule has 19 heavy (non-hydrogen) atoms. The maximum Gasteiger partial charge on any atom is 0.212 e. The van der Waals surface area contributed by atoms with E-state index in [1.165, 1.54) is 6.20 Å². The second-order valence-electron chi connectivity index (χ2n) is 5.03. The van der Waals surface area contributed by atoms with Crippen molar-refractivity contribution in [3.05, 3.63) is 51.8 Å². The number of hydrogen-bond acceptors (Lipinski definition) is 2. The molecule has 4 heteroatoms. The van der Waals surface area contributed by atoms with Crippen LogP contribution in [0.3, 0.4) is 0 Å². The highest BCUT2D eigenvalue weighted by Gasteiger charge is 2.21. The highest BCUT2D eigenvalue weighted by molar-refractivity contribution is 6.34. The van der Waals surface area contributed by atoms with Crippen LogP contribution in [0, 0.1) is 13.8 Å². The van der Waals surface area contributed by atoms with Crippen molar-refractivity contribution in [3.63, 3.8) is 0 Å². The van der Waals surface area contributed by atoms with Gasteiger partial charge in [0.15, 0.2) is 0 Å². The van der Waals surface area contributed by atoms with Crippen LogP contribution >= 0.6 is 11.6 Å². The summed E-state index contributed by atoms with van der Waals surface area (Å²) in [5.74, 6) is -0.0753. The molecule has 2 rings (SSSR count). The molecule has 0 aliphatic heterocycles. The minimum Gasteiger partial charge on any atom is -0.287 e. The zero-order chi connectivity index (χ0) is 14.2. The van der Waals surface area contributed by atoms with E-state index in [4.69, 9.17) is 11.6 Å². The first-order valence-electron chi connectivity index (χ1n) is 6.26. The van der Waals surface area contributed by atoms with Crippen LogP contribution in [0.5, 0.6) is 0 Å². The minimum absolute atomic E-state index is 0.0753. The van der Waals surface area contributed by atoms with Gasteiger partial charge in [-0.15, -0.1) is 0 Å². The van der Waals surface area contributed by atoms with Crippen LogP contribution in [0.1, 0.15) is 47.1 Å². The maximum absolute atomic E-state index is 12.6. The standard InChI is InChI=1S/C15H17ClN2O/c1-9(2)18-14(13(16)8-17-18)15(19)12-6-5-10(3)7-11(12)4/h5-9H,1-4H3. The molecule has 0 bridgehead atoms. The summed E-state index contributed by atoms with van der Waals surface area (Å²) in [4.78, 5) is 12.6. The van der Waals surface area contributed by atoms with Gasteiger partial charge in [-0.3, -0.25) is 9.48 Å². The summed E-state index contributed by atoms with van der Waals surface area (Å²) >= 11 is 6.11. The monoisotopic (exact) mass is 276 g/mol. The number of hydrogen-bond donors (Lipinski definition) is 0. The summed E-state index contributed by atoms with van der Waals surface area (Å²) in [7, 11) is 0. The van der Waals surface area contributed by atoms with Gasteiger partial charge in [0.05, 0.1) is 11.2 Å². The molecule has 2 aromatic rings. The van der Waals surface area contributed by atoms with Gasteiger partial charge in [0.1, 0.15) is 5.69 Å². The van der Waals surface area contributed by atoms with Gasteiger partial charge in [-0.1, -0.05) is 35.4 Å². The van der Waals surface area contributed by atoms with Gasteiger partial charge < -0.3 is 0 Å². The number of aromatic nitrogens is 2. The lowest BCUT2D eigenvalue weighted by molar-refractivity contribution is 0.102. The van der Waals surface area contributed by atoms with Crippen LogP contribution in [0.15, 0.2) is 24.4 Å². The molecule has 0 spiro atoms. The fourth-order valence-corrected chi connectivity index (χ4v) is 2.36. The predicted octanol–water partition coefficient (Wildman–Crippen LogP) is 3.97. The Bertz CT molecular complexity index is 629. The van der Waals surface area contributed by atoms with Crippen molar-refractivity contribution < 1.29 is 4.79 Å². The summed E-state index contributed by atoms with van der Waals surface area (Å²) in [6.45, 7) is 7.89. The quantitative estimate of drug-likeness (QED) is 0.795. The van der Waals surface area contributed by atoms with Gasteiger partial charge in [0, 0.05) is 11.6 Å². The fraction of sp³-hybridized carbons (Fsp3) is 0.333. The van der Waals surface area contributed by atoms with E-state index in [9.17, 15) is 4.79 Å². The molecule has 0 amide bonds. The summed E-state index contributed by atoms with van der Waals surface area (Å²) < 4.78 is 1.67. The molecule has 0 aliphatic carbocycles. The van der Waals surface area contributed by atoms with Gasteiger partial charge in [-0.25, -0.2) is 0 Å². The SMILES string of the molecule is Cc1ccc(C(=O)c2c(Cl)cnn2C(C)C)c(C)c1. The predicted molar refractivity (Wildman–Crippen MR) is 77.0 cm³/mol. The molecule has 0 atom stereocenters. The number of rotatable bonds is 3. The molecule has 1 aromatic carbocycles. The highest BCUT2D eigenvalue weighted by atomic mass is 35.5. The van der Waals surface area contributed by atoms with Crippen molar-refractivity contribution in [3.8, 4) is 0 Å². The fourth-order valence-electron chi connectivity index (χ4n) is 2.14. The Morgan fingerprint density at radius 1 is 1.32 bits per heavy atom. The largest absolute Gasteiger partial charge is 0.287 e. The molecule has 0 saturated carbocycles. The van der Waals surface area contributed by atoms with E-state index in [-0.39, 0.29) is 11.8 Å². The van der Waals surface area contributed by atoms with Crippen LogP contribution in [0.4, 0.5) is 0 Å². The van der Waals surface area contributed by atoms with Crippen molar-refractivity contribution in [2.75, 3.05) is 0 Å². The Labute approximate surface area is 118 Å². The molecular weight excluding hydrogens is 260 g/mol. The summed E-state index contributed by atoms with van der Waals surface area (Å²) in [6, 6.07) is 5.87. The number of halogens is 1. The van der Waals surface area contributed by atoms with Crippen molar-refractivity contribution in [2.45, 2.75) is 33.7 Å². The average molecular weight is 277 g/mol. The molecule has 0 aliphatic rings. The van der Waals surface area contributed by atoms with Crippen LogP contribution in [-0.2, 0) is 0 Å². The van der Waals surface area contributed by atoms with Crippen molar-refractivity contribution >= 4 is 17.4 Å². The van der Waals surface area contributed by atoms with Gasteiger partial charge in [-0.05, 0) is 33.3 Å². The molecule has 1 aromatic heterocycles. The van der Waals surface area contributed by atoms with E-state index in [0.29, 0.717) is 16.3 Å². The molecular formula is C15H17ClN2O. The number of ketones is 1. The second-order valence-corrected chi connectivity index (χ2v) is 5.43. The number of nitrogens with zero attached hydrogens (tertiary/aromatic N) is 2.